The summed E-state index contributed by atoms with van der Waals surface area (Å²) < 4.78 is 5.81. The second-order valence-electron chi connectivity index (χ2n) is 6.71. The van der Waals surface area contributed by atoms with Crippen molar-refractivity contribution in [2.45, 2.75) is 32.2 Å². The SMILES string of the molecule is Cc1nccc(CN2C[C@@H]3[C@@H](C2)OCC(=O)N3Cc2ccccc2)n1. The van der Waals surface area contributed by atoms with Crippen molar-refractivity contribution in [3.05, 3.63) is 59.7 Å². The molecule has 6 heteroatoms. The lowest BCUT2D eigenvalue weighted by Crippen LogP contribution is -2.53. The Morgan fingerprint density at radius 1 is 1.16 bits per heavy atom. The summed E-state index contributed by atoms with van der Waals surface area (Å²) in [5.41, 5.74) is 2.16. The Morgan fingerprint density at radius 2 is 2.00 bits per heavy atom. The van der Waals surface area contributed by atoms with Crippen molar-refractivity contribution in [2.75, 3.05) is 19.7 Å². The summed E-state index contributed by atoms with van der Waals surface area (Å²) in [7, 11) is 0. The number of fused-ring (bicyclic) bond motifs is 1. The molecule has 3 heterocycles. The Bertz CT molecular complexity index is 752. The molecule has 0 radical (unpaired) electrons. The molecule has 130 valence electrons. The molecule has 2 aliphatic heterocycles. The van der Waals surface area contributed by atoms with Crippen LogP contribution in [0.15, 0.2) is 42.6 Å². The lowest BCUT2D eigenvalue weighted by Gasteiger charge is -2.36. The Kier molecular flexibility index (Phi) is 4.46. The van der Waals surface area contributed by atoms with Gasteiger partial charge >= 0.3 is 0 Å². The van der Waals surface area contributed by atoms with Gasteiger partial charge < -0.3 is 9.64 Å². The normalized spacial score (nSPS) is 23.7. The maximum Gasteiger partial charge on any atom is 0.249 e. The molecular formula is C19H22N4O2. The van der Waals surface area contributed by atoms with Crippen LogP contribution >= 0.6 is 0 Å². The van der Waals surface area contributed by atoms with Crippen LogP contribution in [0.5, 0.6) is 0 Å². The predicted octanol–water partition coefficient (Wildman–Crippen LogP) is 1.40. The van der Waals surface area contributed by atoms with E-state index in [-0.39, 0.29) is 24.7 Å². The highest BCUT2D eigenvalue weighted by atomic mass is 16.5. The van der Waals surface area contributed by atoms with Gasteiger partial charge in [0.1, 0.15) is 12.4 Å². The number of rotatable bonds is 4. The van der Waals surface area contributed by atoms with E-state index < -0.39 is 0 Å². The summed E-state index contributed by atoms with van der Waals surface area (Å²) in [5, 5.41) is 0. The monoisotopic (exact) mass is 338 g/mol. The molecule has 0 saturated carbocycles. The first-order chi connectivity index (χ1) is 12.2. The Labute approximate surface area is 147 Å². The van der Waals surface area contributed by atoms with E-state index in [0.29, 0.717) is 6.54 Å². The number of carbonyl (C=O) groups excluding carboxylic acids is 1. The highest BCUT2D eigenvalue weighted by molar-refractivity contribution is 5.78. The van der Waals surface area contributed by atoms with Gasteiger partial charge in [0.25, 0.3) is 0 Å². The second kappa shape index (κ2) is 6.90. The molecule has 0 unspecified atom stereocenters. The van der Waals surface area contributed by atoms with Crippen molar-refractivity contribution in [1.82, 2.24) is 19.8 Å². The fraction of sp³-hybridized carbons (Fsp3) is 0.421. The lowest BCUT2D eigenvalue weighted by molar-refractivity contribution is -0.153. The highest BCUT2D eigenvalue weighted by Gasteiger charge is 2.43. The number of ether oxygens (including phenoxy) is 1. The van der Waals surface area contributed by atoms with Gasteiger partial charge in [-0.2, -0.15) is 0 Å². The number of amides is 1. The molecule has 0 N–H and O–H groups in total. The zero-order chi connectivity index (χ0) is 17.2. The minimum atomic E-state index is 0.0735. The predicted molar refractivity (Wildman–Crippen MR) is 92.6 cm³/mol. The van der Waals surface area contributed by atoms with E-state index >= 15 is 0 Å². The second-order valence-corrected chi connectivity index (χ2v) is 6.71. The van der Waals surface area contributed by atoms with Gasteiger partial charge in [-0.25, -0.2) is 9.97 Å². The number of benzene rings is 1. The van der Waals surface area contributed by atoms with Gasteiger partial charge in [0.2, 0.25) is 5.91 Å². The number of hydrogen-bond acceptors (Lipinski definition) is 5. The molecular weight excluding hydrogens is 316 g/mol. The van der Waals surface area contributed by atoms with E-state index in [0.717, 1.165) is 36.7 Å². The third-order valence-corrected chi connectivity index (χ3v) is 4.87. The van der Waals surface area contributed by atoms with Crippen molar-refractivity contribution in [3.63, 3.8) is 0 Å². The number of nitrogens with zero attached hydrogens (tertiary/aromatic N) is 4. The summed E-state index contributed by atoms with van der Waals surface area (Å²) in [6.07, 6.45) is 1.87. The first kappa shape index (κ1) is 16.2. The van der Waals surface area contributed by atoms with Gasteiger partial charge in [0.15, 0.2) is 0 Å². The summed E-state index contributed by atoms with van der Waals surface area (Å²) in [4.78, 5) is 25.3. The minimum Gasteiger partial charge on any atom is -0.365 e. The first-order valence-corrected chi connectivity index (χ1v) is 8.65. The molecule has 2 saturated heterocycles. The molecule has 2 fully saturated rings. The fourth-order valence-electron chi connectivity index (χ4n) is 3.68. The highest BCUT2D eigenvalue weighted by Crippen LogP contribution is 2.26. The number of likely N-dealkylation sites (tertiary alicyclic amines) is 1. The van der Waals surface area contributed by atoms with Gasteiger partial charge in [-0.05, 0) is 18.6 Å². The van der Waals surface area contributed by atoms with Gasteiger partial charge in [0.05, 0.1) is 17.8 Å². The quantitative estimate of drug-likeness (QED) is 0.843. The van der Waals surface area contributed by atoms with Gasteiger partial charge in [-0.15, -0.1) is 0 Å². The molecule has 25 heavy (non-hydrogen) atoms. The summed E-state index contributed by atoms with van der Waals surface area (Å²) in [6.45, 7) is 5.11. The number of hydrogen-bond donors (Lipinski definition) is 0. The standard InChI is InChI=1S/C19H22N4O2/c1-14-20-8-7-16(21-14)10-22-11-17-18(12-22)25-13-19(24)23(17)9-15-5-3-2-4-6-15/h2-8,17-18H,9-13H2,1H3/t17-,18-/m1/s1. The first-order valence-electron chi connectivity index (χ1n) is 8.65. The van der Waals surface area contributed by atoms with Crippen molar-refractivity contribution in [3.8, 4) is 0 Å². The van der Waals surface area contributed by atoms with Crippen LogP contribution in [0.4, 0.5) is 0 Å². The topological polar surface area (TPSA) is 58.6 Å². The number of carbonyl (C=O) groups is 1. The van der Waals surface area contributed by atoms with Gasteiger partial charge in [0, 0.05) is 32.4 Å². The molecule has 2 aromatic rings. The average Bonchev–Trinajstić information content (AvgIpc) is 3.01. The van der Waals surface area contributed by atoms with E-state index in [4.69, 9.17) is 4.74 Å². The van der Waals surface area contributed by atoms with E-state index in [1.54, 1.807) is 6.20 Å². The summed E-state index contributed by atoms with van der Waals surface area (Å²) in [6, 6.07) is 12.2. The zero-order valence-corrected chi connectivity index (χ0v) is 14.3. The maximum atomic E-state index is 12.4. The van der Waals surface area contributed by atoms with Crippen molar-refractivity contribution in [1.29, 1.82) is 0 Å². The van der Waals surface area contributed by atoms with Crippen LogP contribution in [0.3, 0.4) is 0 Å². The molecule has 0 spiro atoms. The Morgan fingerprint density at radius 3 is 2.80 bits per heavy atom. The van der Waals surface area contributed by atoms with Crippen molar-refractivity contribution >= 4 is 5.91 Å². The minimum absolute atomic E-state index is 0.0735. The van der Waals surface area contributed by atoms with Crippen molar-refractivity contribution < 1.29 is 9.53 Å². The number of aromatic nitrogens is 2. The van der Waals surface area contributed by atoms with Crippen LogP contribution < -0.4 is 0 Å². The van der Waals surface area contributed by atoms with Crippen LogP contribution in [0.1, 0.15) is 17.1 Å². The Balaban J connectivity index is 1.47. The van der Waals surface area contributed by atoms with Crippen LogP contribution in [0.2, 0.25) is 0 Å². The largest absolute Gasteiger partial charge is 0.365 e. The molecule has 0 bridgehead atoms. The lowest BCUT2D eigenvalue weighted by atomic mass is 10.1. The van der Waals surface area contributed by atoms with E-state index in [2.05, 4.69) is 27.0 Å². The van der Waals surface area contributed by atoms with E-state index in [1.165, 1.54) is 0 Å². The third-order valence-electron chi connectivity index (χ3n) is 4.87. The van der Waals surface area contributed by atoms with Crippen LogP contribution in [-0.4, -0.2) is 57.5 Å². The zero-order valence-electron chi connectivity index (χ0n) is 14.3. The molecule has 1 amide bonds. The summed E-state index contributed by atoms with van der Waals surface area (Å²) in [5.74, 6) is 0.857. The average molecular weight is 338 g/mol. The van der Waals surface area contributed by atoms with E-state index in [1.807, 2.05) is 36.1 Å². The molecule has 4 rings (SSSR count). The number of morpholine rings is 1. The molecule has 1 aromatic heterocycles. The van der Waals surface area contributed by atoms with Crippen molar-refractivity contribution in [2.24, 2.45) is 0 Å². The van der Waals surface area contributed by atoms with Crippen LogP contribution in [-0.2, 0) is 22.6 Å². The number of aryl methyl sites for hydroxylation is 1. The molecule has 2 atom stereocenters. The molecule has 6 nitrogen and oxygen atoms in total. The van der Waals surface area contributed by atoms with Crippen LogP contribution in [0.25, 0.3) is 0 Å². The van der Waals surface area contributed by atoms with Gasteiger partial charge in [-0.1, -0.05) is 30.3 Å². The summed E-state index contributed by atoms with van der Waals surface area (Å²) >= 11 is 0. The van der Waals surface area contributed by atoms with Crippen LogP contribution in [0, 0.1) is 6.92 Å². The third kappa shape index (κ3) is 3.55. The Hall–Kier alpha value is -2.31. The molecule has 2 aliphatic rings. The van der Waals surface area contributed by atoms with E-state index in [9.17, 15) is 4.79 Å². The molecule has 1 aromatic carbocycles. The van der Waals surface area contributed by atoms with Gasteiger partial charge in [-0.3, -0.25) is 9.69 Å². The fourth-order valence-corrected chi connectivity index (χ4v) is 3.68. The molecule has 0 aliphatic carbocycles. The maximum absolute atomic E-state index is 12.4. The smallest absolute Gasteiger partial charge is 0.249 e.